The van der Waals surface area contributed by atoms with E-state index in [-0.39, 0.29) is 23.9 Å². The molecule has 8 nitrogen and oxygen atoms in total. The summed E-state index contributed by atoms with van der Waals surface area (Å²) in [6.45, 7) is 3.10. The number of ether oxygens (including phenoxy) is 1. The molecule has 25 heavy (non-hydrogen) atoms. The predicted octanol–water partition coefficient (Wildman–Crippen LogP) is 0.612. The maximum Gasteiger partial charge on any atom is 0.321 e. The van der Waals surface area contributed by atoms with Gasteiger partial charge in [0.15, 0.2) is 0 Å². The molecule has 0 saturated carbocycles. The standard InChI is InChI=1S/C16H22N2O6S/c1-11(16(20)21)18(8-7-17-12(2)19)25(22,23)14-5-6-15-13(10-14)4-3-9-24-15/h5-6,10-11H,3-4,7-9H2,1-2H3,(H,17,19)(H,20,21). The highest BCUT2D eigenvalue weighted by atomic mass is 32.2. The van der Waals surface area contributed by atoms with Crippen LogP contribution >= 0.6 is 0 Å². The van der Waals surface area contributed by atoms with E-state index in [1.165, 1.54) is 26.0 Å². The topological polar surface area (TPSA) is 113 Å². The van der Waals surface area contributed by atoms with Gasteiger partial charge in [-0.15, -0.1) is 0 Å². The lowest BCUT2D eigenvalue weighted by Crippen LogP contribution is -2.46. The van der Waals surface area contributed by atoms with Gasteiger partial charge in [-0.2, -0.15) is 4.31 Å². The predicted molar refractivity (Wildman–Crippen MR) is 89.9 cm³/mol. The van der Waals surface area contributed by atoms with Crippen molar-refractivity contribution in [2.45, 2.75) is 37.6 Å². The number of amides is 1. The number of benzene rings is 1. The van der Waals surface area contributed by atoms with Gasteiger partial charge < -0.3 is 15.2 Å². The summed E-state index contributed by atoms with van der Waals surface area (Å²) < 4.78 is 32.3. The Kier molecular flexibility index (Phi) is 6.02. The molecule has 9 heteroatoms. The van der Waals surface area contributed by atoms with E-state index in [1.54, 1.807) is 6.07 Å². The number of aliphatic carboxylic acids is 1. The quantitative estimate of drug-likeness (QED) is 0.727. The minimum atomic E-state index is -4.03. The van der Waals surface area contributed by atoms with Crippen LogP contribution in [0, 0.1) is 0 Å². The van der Waals surface area contributed by atoms with E-state index >= 15 is 0 Å². The van der Waals surface area contributed by atoms with Gasteiger partial charge in [0.2, 0.25) is 15.9 Å². The molecular formula is C16H22N2O6S. The highest BCUT2D eigenvalue weighted by Gasteiger charge is 2.33. The average molecular weight is 370 g/mol. The molecule has 0 bridgehead atoms. The second kappa shape index (κ2) is 7.83. The Morgan fingerprint density at radius 3 is 2.76 bits per heavy atom. The molecule has 1 aliphatic heterocycles. The Hall–Kier alpha value is -2.13. The second-order valence-electron chi connectivity index (χ2n) is 5.83. The second-order valence-corrected chi connectivity index (χ2v) is 7.73. The fraction of sp³-hybridized carbons (Fsp3) is 0.500. The lowest BCUT2D eigenvalue weighted by atomic mass is 10.1. The molecular weight excluding hydrogens is 348 g/mol. The fourth-order valence-electron chi connectivity index (χ4n) is 2.62. The number of sulfonamides is 1. The highest BCUT2D eigenvalue weighted by molar-refractivity contribution is 7.89. The van der Waals surface area contributed by atoms with Crippen LogP contribution in [0.3, 0.4) is 0 Å². The number of nitrogens with zero attached hydrogens (tertiary/aromatic N) is 1. The third-order valence-corrected chi connectivity index (χ3v) is 5.95. The number of carbonyl (C=O) groups excluding carboxylic acids is 1. The van der Waals surface area contributed by atoms with Crippen LogP contribution in [0.4, 0.5) is 0 Å². The summed E-state index contributed by atoms with van der Waals surface area (Å²) in [7, 11) is -4.03. The van der Waals surface area contributed by atoms with Gasteiger partial charge in [0.1, 0.15) is 11.8 Å². The van der Waals surface area contributed by atoms with Crippen LogP contribution in [-0.2, 0) is 26.0 Å². The first-order valence-electron chi connectivity index (χ1n) is 7.98. The van der Waals surface area contributed by atoms with Gasteiger partial charge in [-0.1, -0.05) is 0 Å². The van der Waals surface area contributed by atoms with Crippen LogP contribution in [0.5, 0.6) is 5.75 Å². The van der Waals surface area contributed by atoms with Gasteiger partial charge >= 0.3 is 5.97 Å². The van der Waals surface area contributed by atoms with E-state index in [9.17, 15) is 23.1 Å². The van der Waals surface area contributed by atoms with Crippen LogP contribution in [-0.4, -0.2) is 55.4 Å². The first kappa shape index (κ1) is 19.2. The summed E-state index contributed by atoms with van der Waals surface area (Å²) in [6, 6.07) is 3.29. The van der Waals surface area contributed by atoms with Crippen LogP contribution in [0.25, 0.3) is 0 Å². The molecule has 138 valence electrons. The highest BCUT2D eigenvalue weighted by Crippen LogP contribution is 2.29. The normalized spacial score (nSPS) is 15.2. The van der Waals surface area contributed by atoms with Crippen molar-refractivity contribution in [3.8, 4) is 5.75 Å². The number of aryl methyl sites for hydroxylation is 1. The number of carboxylic acid groups (broad SMARTS) is 1. The van der Waals surface area contributed by atoms with Gasteiger partial charge in [0.25, 0.3) is 0 Å². The van der Waals surface area contributed by atoms with Gasteiger partial charge in [0.05, 0.1) is 11.5 Å². The van der Waals surface area contributed by atoms with E-state index in [0.29, 0.717) is 18.8 Å². The Bertz CT molecular complexity index is 762. The van der Waals surface area contributed by atoms with Crippen molar-refractivity contribution in [3.63, 3.8) is 0 Å². The van der Waals surface area contributed by atoms with E-state index in [1.807, 2.05) is 0 Å². The molecule has 2 rings (SSSR count). The molecule has 1 aliphatic rings. The van der Waals surface area contributed by atoms with Crippen LogP contribution in [0.2, 0.25) is 0 Å². The van der Waals surface area contributed by atoms with Crippen molar-refractivity contribution in [3.05, 3.63) is 23.8 Å². The number of rotatable bonds is 7. The molecule has 1 unspecified atom stereocenters. The first-order valence-corrected chi connectivity index (χ1v) is 9.42. The van der Waals surface area contributed by atoms with Crippen LogP contribution in [0.15, 0.2) is 23.1 Å². The SMILES string of the molecule is CC(=O)NCCN(C(C)C(=O)O)S(=O)(=O)c1ccc2c(c1)CCCO2. The maximum absolute atomic E-state index is 12.9. The maximum atomic E-state index is 12.9. The molecule has 2 N–H and O–H groups in total. The molecule has 1 heterocycles. The first-order chi connectivity index (χ1) is 11.7. The zero-order chi connectivity index (χ0) is 18.6. The Balaban J connectivity index is 2.33. The van der Waals surface area contributed by atoms with Crippen molar-refractivity contribution in [2.24, 2.45) is 0 Å². The molecule has 0 radical (unpaired) electrons. The largest absolute Gasteiger partial charge is 0.493 e. The molecule has 1 amide bonds. The third kappa shape index (κ3) is 4.49. The molecule has 0 aliphatic carbocycles. The van der Waals surface area contributed by atoms with Gasteiger partial charge in [0, 0.05) is 20.0 Å². The third-order valence-electron chi connectivity index (χ3n) is 3.98. The summed E-state index contributed by atoms with van der Waals surface area (Å²) in [6.07, 6.45) is 1.51. The van der Waals surface area contributed by atoms with Crippen molar-refractivity contribution in [1.29, 1.82) is 0 Å². The average Bonchev–Trinajstić information content (AvgIpc) is 2.57. The van der Waals surface area contributed by atoms with Crippen molar-refractivity contribution in [2.75, 3.05) is 19.7 Å². The van der Waals surface area contributed by atoms with Gasteiger partial charge in [-0.3, -0.25) is 9.59 Å². The number of hydrogen-bond acceptors (Lipinski definition) is 5. The molecule has 1 aromatic carbocycles. The minimum absolute atomic E-state index is 0.0210. The molecule has 0 saturated heterocycles. The van der Waals surface area contributed by atoms with E-state index < -0.39 is 22.0 Å². The van der Waals surface area contributed by atoms with E-state index in [0.717, 1.165) is 16.3 Å². The van der Waals surface area contributed by atoms with Crippen LogP contribution in [0.1, 0.15) is 25.8 Å². The number of carbonyl (C=O) groups is 2. The van der Waals surface area contributed by atoms with Gasteiger partial charge in [-0.05, 0) is 43.5 Å². The van der Waals surface area contributed by atoms with Gasteiger partial charge in [-0.25, -0.2) is 8.42 Å². The summed E-state index contributed by atoms with van der Waals surface area (Å²) in [5, 5.41) is 11.7. The smallest absolute Gasteiger partial charge is 0.321 e. The zero-order valence-corrected chi connectivity index (χ0v) is 15.0. The van der Waals surface area contributed by atoms with Crippen molar-refractivity contribution in [1.82, 2.24) is 9.62 Å². The summed E-state index contributed by atoms with van der Waals surface area (Å²) in [5.74, 6) is -0.916. The summed E-state index contributed by atoms with van der Waals surface area (Å²) in [4.78, 5) is 22.4. The monoisotopic (exact) mass is 370 g/mol. The Morgan fingerprint density at radius 1 is 1.40 bits per heavy atom. The molecule has 0 aromatic heterocycles. The number of carboxylic acids is 1. The number of hydrogen-bond donors (Lipinski definition) is 2. The number of fused-ring (bicyclic) bond motifs is 1. The lowest BCUT2D eigenvalue weighted by Gasteiger charge is -2.26. The summed E-state index contributed by atoms with van der Waals surface area (Å²) >= 11 is 0. The fourth-order valence-corrected chi connectivity index (χ4v) is 4.26. The molecule has 1 aromatic rings. The summed E-state index contributed by atoms with van der Waals surface area (Å²) in [5.41, 5.74) is 0.789. The van der Waals surface area contributed by atoms with E-state index in [2.05, 4.69) is 5.32 Å². The van der Waals surface area contributed by atoms with E-state index in [4.69, 9.17) is 4.74 Å². The lowest BCUT2D eigenvalue weighted by molar-refractivity contribution is -0.140. The minimum Gasteiger partial charge on any atom is -0.493 e. The Morgan fingerprint density at radius 2 is 2.12 bits per heavy atom. The Labute approximate surface area is 146 Å². The number of nitrogens with one attached hydrogen (secondary N) is 1. The van der Waals surface area contributed by atoms with Crippen molar-refractivity contribution < 1.29 is 27.9 Å². The van der Waals surface area contributed by atoms with Crippen molar-refractivity contribution >= 4 is 21.9 Å². The van der Waals surface area contributed by atoms with Crippen LogP contribution < -0.4 is 10.1 Å². The molecule has 0 spiro atoms. The molecule has 0 fully saturated rings. The zero-order valence-electron chi connectivity index (χ0n) is 14.2. The molecule has 1 atom stereocenters.